The summed E-state index contributed by atoms with van der Waals surface area (Å²) in [5.74, 6) is 1.57. The zero-order valence-electron chi connectivity index (χ0n) is 14.4. The molecule has 0 unspecified atom stereocenters. The number of hydrogen-bond acceptors (Lipinski definition) is 4. The molecule has 0 amide bonds. The van der Waals surface area contributed by atoms with Gasteiger partial charge in [0.05, 0.1) is 18.2 Å². The van der Waals surface area contributed by atoms with Crippen LogP contribution in [0.3, 0.4) is 0 Å². The van der Waals surface area contributed by atoms with Gasteiger partial charge in [-0.2, -0.15) is 0 Å². The summed E-state index contributed by atoms with van der Waals surface area (Å²) in [6.07, 6.45) is 5.09. The maximum absolute atomic E-state index is 8.69. The number of aryl methyl sites for hydroxylation is 2. The summed E-state index contributed by atoms with van der Waals surface area (Å²) in [6.45, 7) is 6.69. The standard InChI is InChI=1S/C19H19N5O/c1-12-6-7-21-16(9-12)24-11-22-19-17(18(24)20)13(2)14(3)23(19)10-15-5-4-8-25-15/h4-9,11,20H,10H2,1-3H3. The summed E-state index contributed by atoms with van der Waals surface area (Å²) < 4.78 is 9.29. The van der Waals surface area contributed by atoms with Gasteiger partial charge in [0, 0.05) is 11.9 Å². The molecule has 126 valence electrons. The molecule has 4 aromatic heterocycles. The van der Waals surface area contributed by atoms with Crippen molar-refractivity contribution < 1.29 is 4.42 Å². The summed E-state index contributed by atoms with van der Waals surface area (Å²) in [5.41, 5.74) is 4.42. The van der Waals surface area contributed by atoms with Crippen LogP contribution >= 0.6 is 0 Å². The Balaban J connectivity index is 1.93. The van der Waals surface area contributed by atoms with E-state index in [-0.39, 0.29) is 0 Å². The lowest BCUT2D eigenvalue weighted by molar-refractivity contribution is 0.494. The van der Waals surface area contributed by atoms with Crippen molar-refractivity contribution in [3.05, 3.63) is 71.1 Å². The SMILES string of the molecule is Cc1ccnc(-n2cnc3c(c(C)c(C)n3Cc3ccco3)c2=N)c1. The molecule has 4 rings (SSSR count). The normalized spacial score (nSPS) is 11.3. The third-order valence-corrected chi connectivity index (χ3v) is 4.62. The fourth-order valence-electron chi connectivity index (χ4n) is 3.13. The van der Waals surface area contributed by atoms with Crippen molar-refractivity contribution in [2.75, 3.05) is 0 Å². The topological polar surface area (TPSA) is 72.6 Å². The number of furan rings is 1. The lowest BCUT2D eigenvalue weighted by Gasteiger charge is -2.08. The molecular formula is C19H19N5O. The van der Waals surface area contributed by atoms with Gasteiger partial charge in [0.15, 0.2) is 0 Å². The maximum atomic E-state index is 8.69. The van der Waals surface area contributed by atoms with Gasteiger partial charge in [0.25, 0.3) is 0 Å². The van der Waals surface area contributed by atoms with E-state index in [2.05, 4.69) is 21.5 Å². The average molecular weight is 333 g/mol. The molecule has 4 heterocycles. The van der Waals surface area contributed by atoms with Gasteiger partial charge in [-0.3, -0.25) is 9.98 Å². The zero-order valence-corrected chi connectivity index (χ0v) is 14.4. The largest absolute Gasteiger partial charge is 0.467 e. The predicted octanol–water partition coefficient (Wildman–Crippen LogP) is 3.27. The first kappa shape index (κ1) is 15.4. The van der Waals surface area contributed by atoms with E-state index in [0.29, 0.717) is 17.9 Å². The van der Waals surface area contributed by atoms with E-state index in [0.717, 1.165) is 33.6 Å². The molecule has 6 nitrogen and oxygen atoms in total. The Bertz CT molecular complexity index is 1120. The Hall–Kier alpha value is -3.15. The molecule has 1 N–H and O–H groups in total. The number of rotatable bonds is 3. The van der Waals surface area contributed by atoms with E-state index >= 15 is 0 Å². The second kappa shape index (κ2) is 5.73. The van der Waals surface area contributed by atoms with Crippen molar-refractivity contribution in [1.82, 2.24) is 19.1 Å². The van der Waals surface area contributed by atoms with Gasteiger partial charge < -0.3 is 8.98 Å². The molecule has 0 radical (unpaired) electrons. The number of aromatic nitrogens is 4. The first-order valence-corrected chi connectivity index (χ1v) is 8.13. The minimum atomic E-state index is 0.391. The van der Waals surface area contributed by atoms with Crippen LogP contribution in [0.15, 0.2) is 47.5 Å². The van der Waals surface area contributed by atoms with Crippen LogP contribution in [0.25, 0.3) is 16.9 Å². The molecule has 4 aromatic rings. The number of fused-ring (bicyclic) bond motifs is 1. The Morgan fingerprint density at radius 2 is 2.00 bits per heavy atom. The van der Waals surface area contributed by atoms with Gasteiger partial charge in [-0.15, -0.1) is 0 Å². The monoisotopic (exact) mass is 333 g/mol. The lowest BCUT2D eigenvalue weighted by atomic mass is 10.2. The van der Waals surface area contributed by atoms with Gasteiger partial charge >= 0.3 is 0 Å². The predicted molar refractivity (Wildman–Crippen MR) is 94.7 cm³/mol. The zero-order chi connectivity index (χ0) is 17.6. The molecule has 0 bridgehead atoms. The van der Waals surface area contributed by atoms with Gasteiger partial charge in [0.1, 0.15) is 29.0 Å². The number of nitrogens with one attached hydrogen (secondary N) is 1. The fraction of sp³-hybridized carbons (Fsp3) is 0.211. The molecule has 0 saturated heterocycles. The van der Waals surface area contributed by atoms with Crippen LogP contribution in [0.2, 0.25) is 0 Å². The van der Waals surface area contributed by atoms with Crippen molar-refractivity contribution in [2.24, 2.45) is 0 Å². The average Bonchev–Trinajstić information content (AvgIpc) is 3.19. The molecule has 0 aromatic carbocycles. The second-order valence-electron chi connectivity index (χ2n) is 6.23. The van der Waals surface area contributed by atoms with Gasteiger partial charge in [-0.05, 0) is 56.2 Å². The third kappa shape index (κ3) is 2.46. The molecule has 0 spiro atoms. The fourth-order valence-corrected chi connectivity index (χ4v) is 3.13. The van der Waals surface area contributed by atoms with E-state index in [1.165, 1.54) is 0 Å². The molecule has 0 saturated carbocycles. The summed E-state index contributed by atoms with van der Waals surface area (Å²) >= 11 is 0. The third-order valence-electron chi connectivity index (χ3n) is 4.62. The molecule has 25 heavy (non-hydrogen) atoms. The molecule has 0 aliphatic rings. The van der Waals surface area contributed by atoms with Crippen LogP contribution in [-0.2, 0) is 6.54 Å². The van der Waals surface area contributed by atoms with Crippen LogP contribution in [0, 0.1) is 26.2 Å². The minimum Gasteiger partial charge on any atom is -0.467 e. The van der Waals surface area contributed by atoms with E-state index in [4.69, 9.17) is 9.83 Å². The Morgan fingerprint density at radius 3 is 2.72 bits per heavy atom. The van der Waals surface area contributed by atoms with Crippen LogP contribution in [0.1, 0.15) is 22.6 Å². The Kier molecular flexibility index (Phi) is 3.53. The number of hydrogen-bond donors (Lipinski definition) is 1. The van der Waals surface area contributed by atoms with E-state index in [1.807, 2.05) is 38.1 Å². The summed E-state index contributed by atoms with van der Waals surface area (Å²) in [4.78, 5) is 9.01. The molecule has 0 atom stereocenters. The maximum Gasteiger partial charge on any atom is 0.146 e. The number of nitrogens with zero attached hydrogens (tertiary/aromatic N) is 4. The van der Waals surface area contributed by atoms with Gasteiger partial charge in [-0.25, -0.2) is 9.97 Å². The van der Waals surface area contributed by atoms with Crippen molar-refractivity contribution in [2.45, 2.75) is 27.3 Å². The van der Waals surface area contributed by atoms with Gasteiger partial charge in [-0.1, -0.05) is 0 Å². The molecule has 0 aliphatic carbocycles. The van der Waals surface area contributed by atoms with Crippen molar-refractivity contribution >= 4 is 11.0 Å². The Labute approximate surface area is 144 Å². The van der Waals surface area contributed by atoms with Crippen molar-refractivity contribution in [1.29, 1.82) is 5.41 Å². The molecule has 0 aliphatic heterocycles. The molecular weight excluding hydrogens is 314 g/mol. The van der Waals surface area contributed by atoms with Gasteiger partial charge in [0.2, 0.25) is 0 Å². The smallest absolute Gasteiger partial charge is 0.146 e. The van der Waals surface area contributed by atoms with E-state index < -0.39 is 0 Å². The van der Waals surface area contributed by atoms with E-state index in [9.17, 15) is 0 Å². The molecule has 6 heteroatoms. The first-order valence-electron chi connectivity index (χ1n) is 8.13. The highest BCUT2D eigenvalue weighted by Crippen LogP contribution is 2.22. The van der Waals surface area contributed by atoms with Crippen molar-refractivity contribution in [3.63, 3.8) is 0 Å². The highest BCUT2D eigenvalue weighted by molar-refractivity contribution is 5.80. The number of pyridine rings is 1. The quantitative estimate of drug-likeness (QED) is 0.625. The van der Waals surface area contributed by atoms with Crippen LogP contribution in [-0.4, -0.2) is 19.1 Å². The Morgan fingerprint density at radius 1 is 1.16 bits per heavy atom. The lowest BCUT2D eigenvalue weighted by Crippen LogP contribution is -2.20. The van der Waals surface area contributed by atoms with Crippen LogP contribution in [0.4, 0.5) is 0 Å². The van der Waals surface area contributed by atoms with E-state index in [1.54, 1.807) is 23.4 Å². The highest BCUT2D eigenvalue weighted by atomic mass is 16.3. The van der Waals surface area contributed by atoms with Crippen molar-refractivity contribution in [3.8, 4) is 5.82 Å². The first-order chi connectivity index (χ1) is 12.1. The summed E-state index contributed by atoms with van der Waals surface area (Å²) in [6, 6.07) is 7.72. The molecule has 0 fully saturated rings. The summed E-state index contributed by atoms with van der Waals surface area (Å²) in [7, 11) is 0. The highest BCUT2D eigenvalue weighted by Gasteiger charge is 2.16. The van der Waals surface area contributed by atoms with Crippen LogP contribution in [0.5, 0.6) is 0 Å². The van der Waals surface area contributed by atoms with Crippen LogP contribution < -0.4 is 5.49 Å². The second-order valence-corrected chi connectivity index (χ2v) is 6.23. The summed E-state index contributed by atoms with van der Waals surface area (Å²) in [5, 5.41) is 9.54. The minimum absolute atomic E-state index is 0.391.